The van der Waals surface area contributed by atoms with Crippen LogP contribution in [0.1, 0.15) is 53.8 Å². The Balaban J connectivity index is 1.79. The molecule has 0 aromatic heterocycles. The molecule has 0 unspecified atom stereocenters. The fraction of sp³-hybridized carbons (Fsp3) is 0.333. The molecular weight excluding hydrogens is 456 g/mol. The van der Waals surface area contributed by atoms with Crippen LogP contribution in [0.3, 0.4) is 0 Å². The van der Waals surface area contributed by atoms with E-state index in [1.54, 1.807) is 48.5 Å². The fourth-order valence-corrected chi connectivity index (χ4v) is 2.89. The van der Waals surface area contributed by atoms with E-state index in [2.05, 4.69) is 21.5 Å². The zero-order chi connectivity index (χ0) is 24.8. The molecule has 182 valence electrons. The van der Waals surface area contributed by atoms with Crippen molar-refractivity contribution >= 4 is 40.7 Å². The average molecular weight is 487 g/mol. The van der Waals surface area contributed by atoms with Gasteiger partial charge in [-0.1, -0.05) is 19.4 Å². The van der Waals surface area contributed by atoms with Crippen LogP contribution in [0.15, 0.2) is 48.5 Å². The van der Waals surface area contributed by atoms with E-state index in [1.165, 1.54) is 0 Å². The molecule has 0 aliphatic rings. The molecule has 0 heterocycles. The molecule has 0 spiro atoms. The molecule has 0 saturated heterocycles. The zero-order valence-electron chi connectivity index (χ0n) is 19.3. The van der Waals surface area contributed by atoms with Gasteiger partial charge in [0.25, 0.3) is 11.8 Å². The van der Waals surface area contributed by atoms with Crippen molar-refractivity contribution in [1.29, 1.82) is 0 Å². The quantitative estimate of drug-likeness (QED) is 0.219. The van der Waals surface area contributed by atoms with Gasteiger partial charge in [0.05, 0.1) is 6.61 Å². The van der Waals surface area contributed by atoms with Gasteiger partial charge < -0.3 is 14.8 Å². The number of hydrogen-bond donors (Lipinski definition) is 4. The topological polar surface area (TPSA) is 118 Å². The van der Waals surface area contributed by atoms with Crippen LogP contribution in [0.25, 0.3) is 0 Å². The molecule has 0 atom stereocenters. The van der Waals surface area contributed by atoms with Gasteiger partial charge in [0.15, 0.2) is 5.11 Å². The largest absolute Gasteiger partial charge is 0.491 e. The second-order valence-corrected chi connectivity index (χ2v) is 7.57. The zero-order valence-corrected chi connectivity index (χ0v) is 20.1. The number of carbonyl (C=O) groups is 3. The highest BCUT2D eigenvalue weighted by Crippen LogP contribution is 2.13. The molecule has 10 heteroatoms. The molecule has 0 radical (unpaired) electrons. The van der Waals surface area contributed by atoms with Crippen LogP contribution in [0, 0.1) is 0 Å². The van der Waals surface area contributed by atoms with Crippen LogP contribution in [0.4, 0.5) is 5.69 Å². The van der Waals surface area contributed by atoms with Crippen molar-refractivity contribution in [3.8, 4) is 5.75 Å². The van der Waals surface area contributed by atoms with Crippen LogP contribution in [-0.4, -0.2) is 42.7 Å². The number of hydrazine groups is 1. The lowest BCUT2D eigenvalue weighted by Gasteiger charge is -2.12. The Morgan fingerprint density at radius 2 is 1.68 bits per heavy atom. The first-order valence-electron chi connectivity index (χ1n) is 11.0. The van der Waals surface area contributed by atoms with Crippen LogP contribution >= 0.6 is 12.2 Å². The molecule has 3 amide bonds. The van der Waals surface area contributed by atoms with Crippen molar-refractivity contribution in [3.63, 3.8) is 0 Å². The lowest BCUT2D eigenvalue weighted by molar-refractivity contribution is -0.116. The number of hydrogen-bond acceptors (Lipinski definition) is 6. The maximum atomic E-state index is 12.4. The van der Waals surface area contributed by atoms with Gasteiger partial charge in [-0.25, -0.2) is 0 Å². The van der Waals surface area contributed by atoms with E-state index < -0.39 is 11.8 Å². The van der Waals surface area contributed by atoms with E-state index in [1.807, 2.05) is 13.8 Å². The lowest BCUT2D eigenvalue weighted by atomic mass is 10.2. The molecule has 0 saturated carbocycles. The third kappa shape index (κ3) is 9.55. The highest BCUT2D eigenvalue weighted by molar-refractivity contribution is 7.80. The van der Waals surface area contributed by atoms with Crippen molar-refractivity contribution < 1.29 is 23.9 Å². The Labute approximate surface area is 204 Å². The van der Waals surface area contributed by atoms with Crippen molar-refractivity contribution in [2.24, 2.45) is 0 Å². The van der Waals surface area contributed by atoms with E-state index in [9.17, 15) is 14.4 Å². The SMILES string of the molecule is CCCCC(=O)Nc1ccc(C(=O)NNC(=S)NC(=O)c2cccc(OCCOCC)c2)cc1. The Morgan fingerprint density at radius 1 is 0.912 bits per heavy atom. The van der Waals surface area contributed by atoms with Crippen LogP contribution in [0.5, 0.6) is 5.75 Å². The minimum Gasteiger partial charge on any atom is -0.491 e. The third-order valence-electron chi connectivity index (χ3n) is 4.50. The number of thiocarbonyl (C=S) groups is 1. The standard InChI is InChI=1S/C24H30N4O5S/c1-3-5-9-21(29)25-19-12-10-17(11-13-19)23(31)27-28-24(34)26-22(30)18-7-6-8-20(16-18)33-15-14-32-4-2/h6-8,10-13,16H,3-5,9,14-15H2,1-2H3,(H,25,29)(H,27,31)(H2,26,28,30,34). The Hall–Kier alpha value is -3.50. The summed E-state index contributed by atoms with van der Waals surface area (Å²) in [5.74, 6) is -0.440. The molecule has 0 fully saturated rings. The van der Waals surface area contributed by atoms with E-state index in [4.69, 9.17) is 21.7 Å². The summed E-state index contributed by atoms with van der Waals surface area (Å²) in [6.07, 6.45) is 2.22. The van der Waals surface area contributed by atoms with Crippen LogP contribution in [0.2, 0.25) is 0 Å². The van der Waals surface area contributed by atoms with Gasteiger partial charge in [0.1, 0.15) is 12.4 Å². The highest BCUT2D eigenvalue weighted by Gasteiger charge is 2.11. The second-order valence-electron chi connectivity index (χ2n) is 7.16. The molecule has 34 heavy (non-hydrogen) atoms. The van der Waals surface area contributed by atoms with Gasteiger partial charge in [0.2, 0.25) is 5.91 Å². The van der Waals surface area contributed by atoms with Crippen LogP contribution < -0.4 is 26.2 Å². The molecule has 0 aliphatic heterocycles. The number of ether oxygens (including phenoxy) is 2. The van der Waals surface area contributed by atoms with E-state index in [0.29, 0.717) is 48.8 Å². The number of nitrogens with one attached hydrogen (secondary N) is 4. The molecule has 0 bridgehead atoms. The maximum absolute atomic E-state index is 12.4. The first kappa shape index (κ1) is 26.7. The first-order chi connectivity index (χ1) is 16.4. The summed E-state index contributed by atoms with van der Waals surface area (Å²) in [5, 5.41) is 5.21. The number of amides is 3. The van der Waals surface area contributed by atoms with E-state index in [0.717, 1.165) is 12.8 Å². The number of unbranched alkanes of at least 4 members (excludes halogenated alkanes) is 1. The summed E-state index contributed by atoms with van der Waals surface area (Å²) < 4.78 is 10.8. The minimum absolute atomic E-state index is 0.0654. The second kappa shape index (κ2) is 14.6. The molecule has 9 nitrogen and oxygen atoms in total. The van der Waals surface area contributed by atoms with Crippen molar-refractivity contribution in [2.75, 3.05) is 25.1 Å². The van der Waals surface area contributed by atoms with Crippen LogP contribution in [-0.2, 0) is 9.53 Å². The van der Waals surface area contributed by atoms with Gasteiger partial charge in [-0.15, -0.1) is 0 Å². The molecule has 4 N–H and O–H groups in total. The predicted octanol–water partition coefficient (Wildman–Crippen LogP) is 3.18. The van der Waals surface area contributed by atoms with E-state index in [-0.39, 0.29) is 11.0 Å². The monoisotopic (exact) mass is 486 g/mol. The summed E-state index contributed by atoms with van der Waals surface area (Å²) in [5.41, 5.74) is 6.23. The number of benzene rings is 2. The average Bonchev–Trinajstić information content (AvgIpc) is 2.84. The summed E-state index contributed by atoms with van der Waals surface area (Å²) in [6.45, 7) is 5.35. The van der Waals surface area contributed by atoms with Crippen molar-refractivity contribution in [2.45, 2.75) is 33.1 Å². The normalized spacial score (nSPS) is 10.2. The molecule has 0 aliphatic carbocycles. The van der Waals surface area contributed by atoms with Gasteiger partial charge in [-0.05, 0) is 68.0 Å². The Morgan fingerprint density at radius 3 is 2.38 bits per heavy atom. The van der Waals surface area contributed by atoms with Gasteiger partial charge >= 0.3 is 0 Å². The van der Waals surface area contributed by atoms with Gasteiger partial charge in [0, 0.05) is 29.8 Å². The summed E-state index contributed by atoms with van der Waals surface area (Å²) in [4.78, 5) is 36.5. The third-order valence-corrected chi connectivity index (χ3v) is 4.71. The highest BCUT2D eigenvalue weighted by atomic mass is 32.1. The Bertz CT molecular complexity index is 982. The molecule has 2 aromatic carbocycles. The summed E-state index contributed by atoms with van der Waals surface area (Å²) in [6, 6.07) is 13.1. The molecule has 2 aromatic rings. The maximum Gasteiger partial charge on any atom is 0.269 e. The molecular formula is C24H30N4O5S. The fourth-order valence-electron chi connectivity index (χ4n) is 2.75. The first-order valence-corrected chi connectivity index (χ1v) is 11.5. The number of carbonyl (C=O) groups excluding carboxylic acids is 3. The van der Waals surface area contributed by atoms with E-state index >= 15 is 0 Å². The smallest absolute Gasteiger partial charge is 0.269 e. The number of anilines is 1. The lowest BCUT2D eigenvalue weighted by Crippen LogP contribution is -2.48. The summed E-state index contributed by atoms with van der Waals surface area (Å²) in [7, 11) is 0. The van der Waals surface area contributed by atoms with Crippen molar-refractivity contribution in [3.05, 3.63) is 59.7 Å². The number of rotatable bonds is 11. The molecule has 2 rings (SSSR count). The summed E-state index contributed by atoms with van der Waals surface area (Å²) >= 11 is 5.08. The van der Waals surface area contributed by atoms with Gasteiger partial charge in [-0.3, -0.25) is 30.6 Å². The minimum atomic E-state index is -0.454. The van der Waals surface area contributed by atoms with Gasteiger partial charge in [-0.2, -0.15) is 0 Å². The van der Waals surface area contributed by atoms with Crippen molar-refractivity contribution in [1.82, 2.24) is 16.2 Å². The predicted molar refractivity (Wildman–Crippen MR) is 134 cm³/mol. The Kier molecular flexibility index (Phi) is 11.5.